The number of hydrogen-bond acceptors (Lipinski definition) is 2. The van der Waals surface area contributed by atoms with E-state index in [0.717, 1.165) is 10.6 Å². The Morgan fingerprint density at radius 1 is 1.45 bits per heavy atom. The number of fused-ring (bicyclic) bond motifs is 1. The van der Waals surface area contributed by atoms with Gasteiger partial charge in [-0.2, -0.15) is 13.2 Å². The number of alkyl halides is 3. The summed E-state index contributed by atoms with van der Waals surface area (Å²) in [4.78, 5) is 14.4. The van der Waals surface area contributed by atoms with Crippen molar-refractivity contribution in [3.8, 4) is 0 Å². The number of carboxylic acids is 1. The van der Waals surface area contributed by atoms with Crippen molar-refractivity contribution in [2.24, 2.45) is 0 Å². The number of carboxylic acid groups (broad SMARTS) is 1. The average Bonchev–Trinajstić information content (AvgIpc) is 2.75. The summed E-state index contributed by atoms with van der Waals surface area (Å²) in [5, 5.41) is 8.88. The molecule has 0 saturated heterocycles. The van der Waals surface area contributed by atoms with Gasteiger partial charge in [0.05, 0.1) is 16.6 Å². The second-order valence-electron chi connectivity index (χ2n) is 4.57. The number of halogens is 3. The highest BCUT2D eigenvalue weighted by Gasteiger charge is 2.38. The molecule has 0 aliphatic heterocycles. The molecule has 0 saturated carbocycles. The molecule has 0 fully saturated rings. The zero-order chi connectivity index (χ0) is 15.1. The maximum absolute atomic E-state index is 13.0. The summed E-state index contributed by atoms with van der Waals surface area (Å²) in [6, 6.07) is 3.43. The van der Waals surface area contributed by atoms with Gasteiger partial charge in [-0.05, 0) is 31.5 Å². The van der Waals surface area contributed by atoms with Gasteiger partial charge in [0.1, 0.15) is 0 Å². The summed E-state index contributed by atoms with van der Waals surface area (Å²) in [5.41, 5.74) is 0.245. The molecule has 7 heteroatoms. The molecular formula is C13H13F3N2O2. The van der Waals surface area contributed by atoms with Crippen LogP contribution in [-0.2, 0) is 6.18 Å². The van der Waals surface area contributed by atoms with E-state index in [1.165, 1.54) is 12.1 Å². The van der Waals surface area contributed by atoms with E-state index >= 15 is 0 Å². The second-order valence-corrected chi connectivity index (χ2v) is 4.57. The Balaban J connectivity index is 2.75. The van der Waals surface area contributed by atoms with Crippen LogP contribution in [0.2, 0.25) is 0 Å². The van der Waals surface area contributed by atoms with Gasteiger partial charge in [-0.15, -0.1) is 0 Å². The largest absolute Gasteiger partial charge is 0.478 e. The van der Waals surface area contributed by atoms with Crippen LogP contribution in [0.15, 0.2) is 18.2 Å². The highest BCUT2D eigenvalue weighted by Crippen LogP contribution is 2.34. The molecule has 2 rings (SSSR count). The van der Waals surface area contributed by atoms with Gasteiger partial charge >= 0.3 is 12.1 Å². The maximum Gasteiger partial charge on any atom is 0.449 e. The third kappa shape index (κ3) is 2.35. The Labute approximate surface area is 112 Å². The molecule has 20 heavy (non-hydrogen) atoms. The molecule has 108 valence electrons. The van der Waals surface area contributed by atoms with Crippen molar-refractivity contribution < 1.29 is 23.1 Å². The van der Waals surface area contributed by atoms with Crippen LogP contribution in [0.1, 0.15) is 42.5 Å². The average molecular weight is 286 g/mol. The van der Waals surface area contributed by atoms with Crippen molar-refractivity contribution >= 4 is 17.0 Å². The minimum Gasteiger partial charge on any atom is -0.478 e. The summed E-state index contributed by atoms with van der Waals surface area (Å²) in [5.74, 6) is -2.19. The van der Waals surface area contributed by atoms with Crippen molar-refractivity contribution in [1.29, 1.82) is 0 Å². The van der Waals surface area contributed by atoms with Gasteiger partial charge in [0.2, 0.25) is 5.82 Å². The molecular weight excluding hydrogens is 273 g/mol. The first kappa shape index (κ1) is 14.4. The van der Waals surface area contributed by atoms with E-state index in [4.69, 9.17) is 5.11 Å². The van der Waals surface area contributed by atoms with Gasteiger partial charge in [0, 0.05) is 6.04 Å². The van der Waals surface area contributed by atoms with E-state index < -0.39 is 18.0 Å². The Morgan fingerprint density at radius 2 is 2.10 bits per heavy atom. The van der Waals surface area contributed by atoms with E-state index in [2.05, 4.69) is 4.98 Å². The molecule has 0 spiro atoms. The molecule has 0 bridgehead atoms. The number of imidazole rings is 1. The normalized spacial score (nSPS) is 13.7. The van der Waals surface area contributed by atoms with Gasteiger partial charge in [0.15, 0.2) is 0 Å². The van der Waals surface area contributed by atoms with Gasteiger partial charge in [-0.1, -0.05) is 6.92 Å². The number of rotatable bonds is 3. The van der Waals surface area contributed by atoms with Gasteiger partial charge in [-0.3, -0.25) is 0 Å². The molecule has 4 nitrogen and oxygen atoms in total. The Bertz CT molecular complexity index is 661. The fourth-order valence-corrected chi connectivity index (χ4v) is 2.06. The van der Waals surface area contributed by atoms with Gasteiger partial charge in [-0.25, -0.2) is 9.78 Å². The lowest BCUT2D eigenvalue weighted by Crippen LogP contribution is -2.17. The van der Waals surface area contributed by atoms with E-state index in [-0.39, 0.29) is 22.6 Å². The predicted molar refractivity (Wildman–Crippen MR) is 66.7 cm³/mol. The third-order valence-corrected chi connectivity index (χ3v) is 3.22. The second kappa shape index (κ2) is 4.81. The first-order valence-corrected chi connectivity index (χ1v) is 6.08. The summed E-state index contributed by atoms with van der Waals surface area (Å²) < 4.78 is 40.2. The number of benzene rings is 1. The van der Waals surface area contributed by atoms with Crippen molar-refractivity contribution in [2.45, 2.75) is 32.5 Å². The standard InChI is InChI=1S/C13H13F3N2O2/c1-3-7(2)18-10-5-4-8(11(19)20)6-9(10)17-12(18)13(14,15)16/h4-7H,3H2,1-2H3,(H,19,20). The van der Waals surface area contributed by atoms with E-state index in [0.29, 0.717) is 6.42 Å². The first-order valence-electron chi connectivity index (χ1n) is 6.08. The molecule has 0 aliphatic carbocycles. The smallest absolute Gasteiger partial charge is 0.449 e. The molecule has 0 amide bonds. The molecule has 1 heterocycles. The molecule has 1 N–H and O–H groups in total. The Morgan fingerprint density at radius 3 is 2.60 bits per heavy atom. The molecule has 1 aromatic heterocycles. The number of hydrogen-bond donors (Lipinski definition) is 1. The number of aromatic nitrogens is 2. The van der Waals surface area contributed by atoms with Crippen molar-refractivity contribution in [1.82, 2.24) is 9.55 Å². The summed E-state index contributed by atoms with van der Waals surface area (Å²) in [7, 11) is 0. The number of nitrogens with zero attached hydrogens (tertiary/aromatic N) is 2. The predicted octanol–water partition coefficient (Wildman–Crippen LogP) is 3.72. The number of carbonyl (C=O) groups is 1. The van der Waals surface area contributed by atoms with Crippen LogP contribution in [0.5, 0.6) is 0 Å². The lowest BCUT2D eigenvalue weighted by Gasteiger charge is -2.17. The lowest BCUT2D eigenvalue weighted by molar-refractivity contribution is -0.147. The van der Waals surface area contributed by atoms with Crippen LogP contribution in [0.4, 0.5) is 13.2 Å². The third-order valence-electron chi connectivity index (χ3n) is 3.22. The molecule has 1 atom stereocenters. The van der Waals surface area contributed by atoms with Crippen molar-refractivity contribution in [3.63, 3.8) is 0 Å². The van der Waals surface area contributed by atoms with E-state index in [1.54, 1.807) is 13.8 Å². The first-order chi connectivity index (χ1) is 9.25. The summed E-state index contributed by atoms with van der Waals surface area (Å²) in [6.07, 6.45) is -4.07. The lowest BCUT2D eigenvalue weighted by atomic mass is 10.2. The molecule has 1 aromatic carbocycles. The minimum absolute atomic E-state index is 0.0394. The van der Waals surface area contributed by atoms with Gasteiger partial charge in [0.25, 0.3) is 0 Å². The topological polar surface area (TPSA) is 55.1 Å². The fraction of sp³-hybridized carbons (Fsp3) is 0.385. The maximum atomic E-state index is 13.0. The zero-order valence-electron chi connectivity index (χ0n) is 10.9. The van der Waals surface area contributed by atoms with E-state index in [9.17, 15) is 18.0 Å². The Hall–Kier alpha value is -2.05. The fourth-order valence-electron chi connectivity index (χ4n) is 2.06. The summed E-state index contributed by atoms with van der Waals surface area (Å²) in [6.45, 7) is 3.45. The van der Waals surface area contributed by atoms with Crippen LogP contribution < -0.4 is 0 Å². The molecule has 0 aliphatic rings. The quantitative estimate of drug-likeness (QED) is 0.935. The van der Waals surface area contributed by atoms with Crippen LogP contribution in [0.25, 0.3) is 11.0 Å². The minimum atomic E-state index is -4.58. The van der Waals surface area contributed by atoms with Crippen molar-refractivity contribution in [3.05, 3.63) is 29.6 Å². The van der Waals surface area contributed by atoms with Gasteiger partial charge < -0.3 is 9.67 Å². The SMILES string of the molecule is CCC(C)n1c(C(F)(F)F)nc2cc(C(=O)O)ccc21. The molecule has 0 radical (unpaired) electrons. The number of aromatic carboxylic acids is 1. The van der Waals surface area contributed by atoms with E-state index in [1.807, 2.05) is 0 Å². The highest BCUT2D eigenvalue weighted by molar-refractivity contribution is 5.92. The highest BCUT2D eigenvalue weighted by atomic mass is 19.4. The Kier molecular flexibility index (Phi) is 3.45. The molecule has 1 unspecified atom stereocenters. The molecule has 2 aromatic rings. The van der Waals surface area contributed by atoms with Crippen molar-refractivity contribution in [2.75, 3.05) is 0 Å². The van der Waals surface area contributed by atoms with Crippen LogP contribution in [0.3, 0.4) is 0 Å². The van der Waals surface area contributed by atoms with Crippen LogP contribution in [0, 0.1) is 0 Å². The zero-order valence-corrected chi connectivity index (χ0v) is 10.9. The van der Waals surface area contributed by atoms with Crippen LogP contribution >= 0.6 is 0 Å². The van der Waals surface area contributed by atoms with Crippen LogP contribution in [-0.4, -0.2) is 20.6 Å². The monoisotopic (exact) mass is 286 g/mol. The summed E-state index contributed by atoms with van der Waals surface area (Å²) >= 11 is 0.